The summed E-state index contributed by atoms with van der Waals surface area (Å²) in [6.07, 6.45) is 14.6. The molecule has 0 fully saturated rings. The molecule has 0 aromatic carbocycles. The molecule has 0 radical (unpaired) electrons. The molecule has 2 rings (SSSR count). The van der Waals surface area contributed by atoms with E-state index in [0.29, 0.717) is 18.8 Å². The normalized spacial score (nSPS) is 26.4. The summed E-state index contributed by atoms with van der Waals surface area (Å²) in [5, 5.41) is 0. The SMILES string of the molecule is CC=CCC1(CC=CC)C(=O)N=C2N=CC=CN21. The summed E-state index contributed by atoms with van der Waals surface area (Å²) in [7, 11) is 0. The Bertz CT molecular complexity index is 469. The van der Waals surface area contributed by atoms with Gasteiger partial charge in [0.15, 0.2) is 0 Å². The van der Waals surface area contributed by atoms with Crippen LogP contribution in [-0.4, -0.2) is 28.5 Å². The zero-order chi connectivity index (χ0) is 13.0. The van der Waals surface area contributed by atoms with Gasteiger partial charge in [0.2, 0.25) is 5.96 Å². The molecule has 0 N–H and O–H groups in total. The molecule has 0 atom stereocenters. The van der Waals surface area contributed by atoms with Gasteiger partial charge in [0.25, 0.3) is 5.91 Å². The lowest BCUT2D eigenvalue weighted by molar-refractivity contribution is -0.124. The molecule has 2 heterocycles. The molecule has 0 saturated heterocycles. The number of carbonyl (C=O) groups is 1. The minimum atomic E-state index is -0.636. The van der Waals surface area contributed by atoms with E-state index in [-0.39, 0.29) is 5.91 Å². The molecule has 0 aliphatic carbocycles. The molecule has 2 aliphatic heterocycles. The van der Waals surface area contributed by atoms with Crippen LogP contribution in [0, 0.1) is 0 Å². The van der Waals surface area contributed by atoms with Crippen molar-refractivity contribution in [1.82, 2.24) is 4.90 Å². The highest BCUT2D eigenvalue weighted by Gasteiger charge is 2.48. The third-order valence-corrected chi connectivity index (χ3v) is 3.17. The zero-order valence-corrected chi connectivity index (χ0v) is 10.7. The number of hydrogen-bond donors (Lipinski definition) is 0. The summed E-state index contributed by atoms with van der Waals surface area (Å²) in [6, 6.07) is 0. The van der Waals surface area contributed by atoms with Gasteiger partial charge in [0.05, 0.1) is 0 Å². The molecule has 0 unspecified atom stereocenters. The molecule has 18 heavy (non-hydrogen) atoms. The summed E-state index contributed by atoms with van der Waals surface area (Å²) in [5.74, 6) is 0.383. The Balaban J connectivity index is 2.37. The van der Waals surface area contributed by atoms with Crippen LogP contribution >= 0.6 is 0 Å². The zero-order valence-electron chi connectivity index (χ0n) is 10.7. The first kappa shape index (κ1) is 12.5. The maximum Gasteiger partial charge on any atom is 0.275 e. The molecular formula is C14H17N3O. The Hall–Kier alpha value is -1.97. The van der Waals surface area contributed by atoms with Gasteiger partial charge >= 0.3 is 0 Å². The molecule has 0 aromatic heterocycles. The van der Waals surface area contributed by atoms with Crippen molar-refractivity contribution in [2.75, 3.05) is 0 Å². The van der Waals surface area contributed by atoms with Crippen LogP contribution in [-0.2, 0) is 4.79 Å². The molecule has 0 bridgehead atoms. The monoisotopic (exact) mass is 243 g/mol. The number of fused-ring (bicyclic) bond motifs is 1. The number of hydrogen-bond acceptors (Lipinski definition) is 3. The highest BCUT2D eigenvalue weighted by atomic mass is 16.2. The molecule has 0 spiro atoms. The largest absolute Gasteiger partial charge is 0.301 e. The maximum atomic E-state index is 12.3. The molecule has 4 nitrogen and oxygen atoms in total. The number of amides is 1. The van der Waals surface area contributed by atoms with Crippen molar-refractivity contribution in [2.24, 2.45) is 9.98 Å². The molecule has 2 aliphatic rings. The van der Waals surface area contributed by atoms with Crippen LogP contribution in [0.25, 0.3) is 0 Å². The van der Waals surface area contributed by atoms with Crippen molar-refractivity contribution in [3.05, 3.63) is 36.6 Å². The fraction of sp³-hybridized carbons (Fsp3) is 0.357. The van der Waals surface area contributed by atoms with E-state index in [1.807, 2.05) is 55.3 Å². The highest BCUT2D eigenvalue weighted by molar-refractivity contribution is 6.10. The van der Waals surface area contributed by atoms with E-state index in [1.54, 1.807) is 6.21 Å². The minimum absolute atomic E-state index is 0.114. The van der Waals surface area contributed by atoms with Gasteiger partial charge in [-0.05, 0) is 32.8 Å². The van der Waals surface area contributed by atoms with Crippen molar-refractivity contribution in [3.8, 4) is 0 Å². The van der Waals surface area contributed by atoms with Gasteiger partial charge < -0.3 is 4.90 Å². The topological polar surface area (TPSA) is 45.0 Å². The first-order chi connectivity index (χ1) is 8.74. The molecule has 0 aromatic rings. The van der Waals surface area contributed by atoms with E-state index in [4.69, 9.17) is 0 Å². The predicted octanol–water partition coefficient (Wildman–Crippen LogP) is 2.45. The Morgan fingerprint density at radius 2 is 1.94 bits per heavy atom. The van der Waals surface area contributed by atoms with Crippen molar-refractivity contribution in [3.63, 3.8) is 0 Å². The fourth-order valence-electron chi connectivity index (χ4n) is 2.16. The number of guanidine groups is 1. The first-order valence-electron chi connectivity index (χ1n) is 6.10. The summed E-state index contributed by atoms with van der Waals surface area (Å²) >= 11 is 0. The lowest BCUT2D eigenvalue weighted by atomic mass is 9.89. The van der Waals surface area contributed by atoms with Gasteiger partial charge in [-0.15, -0.1) is 0 Å². The Kier molecular flexibility index (Phi) is 3.55. The molecule has 4 heteroatoms. The number of rotatable bonds is 4. The van der Waals surface area contributed by atoms with E-state index in [9.17, 15) is 4.79 Å². The predicted molar refractivity (Wildman–Crippen MR) is 73.5 cm³/mol. The first-order valence-corrected chi connectivity index (χ1v) is 6.10. The Morgan fingerprint density at radius 1 is 1.28 bits per heavy atom. The fourth-order valence-corrected chi connectivity index (χ4v) is 2.16. The van der Waals surface area contributed by atoms with Gasteiger partial charge in [0.1, 0.15) is 5.54 Å². The van der Waals surface area contributed by atoms with Gasteiger partial charge in [-0.2, -0.15) is 4.99 Å². The van der Waals surface area contributed by atoms with Crippen molar-refractivity contribution in [2.45, 2.75) is 32.2 Å². The number of aliphatic imine (C=N–C) groups is 2. The summed E-state index contributed by atoms with van der Waals surface area (Å²) in [6.45, 7) is 3.91. The molecule has 94 valence electrons. The molecule has 0 saturated carbocycles. The van der Waals surface area contributed by atoms with Crippen LogP contribution < -0.4 is 0 Å². The van der Waals surface area contributed by atoms with Crippen LogP contribution in [0.4, 0.5) is 0 Å². The van der Waals surface area contributed by atoms with Crippen LogP contribution in [0.1, 0.15) is 26.7 Å². The van der Waals surface area contributed by atoms with Crippen molar-refractivity contribution >= 4 is 18.1 Å². The van der Waals surface area contributed by atoms with Crippen molar-refractivity contribution in [1.29, 1.82) is 0 Å². The summed E-state index contributed by atoms with van der Waals surface area (Å²) in [4.78, 5) is 22.4. The Labute approximate surface area is 107 Å². The summed E-state index contributed by atoms with van der Waals surface area (Å²) < 4.78 is 0. The molecule has 1 amide bonds. The third-order valence-electron chi connectivity index (χ3n) is 3.17. The smallest absolute Gasteiger partial charge is 0.275 e. The van der Waals surface area contributed by atoms with Crippen LogP contribution in [0.2, 0.25) is 0 Å². The van der Waals surface area contributed by atoms with Gasteiger partial charge in [-0.1, -0.05) is 24.3 Å². The number of allylic oxidation sites excluding steroid dienone is 3. The molecular weight excluding hydrogens is 226 g/mol. The van der Waals surface area contributed by atoms with E-state index < -0.39 is 5.54 Å². The van der Waals surface area contributed by atoms with Crippen LogP contribution in [0.5, 0.6) is 0 Å². The Morgan fingerprint density at radius 3 is 2.56 bits per heavy atom. The van der Waals surface area contributed by atoms with E-state index in [0.717, 1.165) is 0 Å². The van der Waals surface area contributed by atoms with Gasteiger partial charge in [-0.25, -0.2) is 4.99 Å². The second kappa shape index (κ2) is 5.12. The quantitative estimate of drug-likeness (QED) is 0.712. The summed E-state index contributed by atoms with van der Waals surface area (Å²) in [5.41, 5.74) is -0.636. The van der Waals surface area contributed by atoms with Crippen LogP contribution in [0.3, 0.4) is 0 Å². The highest BCUT2D eigenvalue weighted by Crippen LogP contribution is 2.34. The second-order valence-corrected chi connectivity index (χ2v) is 4.28. The van der Waals surface area contributed by atoms with Crippen LogP contribution in [0.15, 0.2) is 46.6 Å². The average Bonchev–Trinajstić information content (AvgIpc) is 2.67. The van der Waals surface area contributed by atoms with Crippen molar-refractivity contribution < 1.29 is 4.79 Å². The maximum absolute atomic E-state index is 12.3. The third kappa shape index (κ3) is 1.94. The lowest BCUT2D eigenvalue weighted by Crippen LogP contribution is -2.48. The van der Waals surface area contributed by atoms with Gasteiger partial charge in [0, 0.05) is 12.4 Å². The van der Waals surface area contributed by atoms with E-state index >= 15 is 0 Å². The second-order valence-electron chi connectivity index (χ2n) is 4.28. The average molecular weight is 243 g/mol. The van der Waals surface area contributed by atoms with E-state index in [1.165, 1.54) is 0 Å². The number of nitrogens with zero attached hydrogens (tertiary/aromatic N) is 3. The lowest BCUT2D eigenvalue weighted by Gasteiger charge is -2.34. The standard InChI is InChI=1S/C14H17N3O/c1-3-5-8-14(9-6-4-2)12(18)16-13-15-10-7-11-17(13)14/h3-7,10-11H,8-9H2,1-2H3. The van der Waals surface area contributed by atoms with Gasteiger partial charge in [-0.3, -0.25) is 4.79 Å². The number of carbonyl (C=O) groups excluding carboxylic acids is 1. The minimum Gasteiger partial charge on any atom is -0.301 e. The van der Waals surface area contributed by atoms with E-state index in [2.05, 4.69) is 9.98 Å².